The van der Waals surface area contributed by atoms with Gasteiger partial charge in [0, 0.05) is 0 Å². The van der Waals surface area contributed by atoms with Crippen LogP contribution in [0.4, 0.5) is 11.6 Å². The summed E-state index contributed by atoms with van der Waals surface area (Å²) < 4.78 is 85.7. The Morgan fingerprint density at radius 2 is 1.09 bits per heavy atom. The number of phosphoric acid groups is 3. The van der Waals surface area contributed by atoms with Crippen molar-refractivity contribution in [2.24, 2.45) is 0 Å². The normalized spacial score (nSPS) is 22.9. The molecule has 536 valence electrons. The summed E-state index contributed by atoms with van der Waals surface area (Å²) in [6.07, 6.45) is 12.9. The molecule has 0 spiro atoms. The third-order valence-electron chi connectivity index (χ3n) is 13.4. The van der Waals surface area contributed by atoms with E-state index in [9.17, 15) is 63.7 Å². The molecule has 0 radical (unpaired) electrons. The molecule has 2 fully saturated rings. The quantitative estimate of drug-likeness (QED) is 0.00968. The molecule has 36 nitrogen and oxygen atoms in total. The van der Waals surface area contributed by atoms with Gasteiger partial charge in [0.2, 0.25) is 11.2 Å². The van der Waals surface area contributed by atoms with Crippen molar-refractivity contribution in [2.45, 2.75) is 200 Å². The van der Waals surface area contributed by atoms with Gasteiger partial charge < -0.3 is 66.0 Å². The molecular weight excluding hydrogens is 1390 g/mol. The predicted molar refractivity (Wildman–Crippen MR) is 351 cm³/mol. The van der Waals surface area contributed by atoms with E-state index in [0.29, 0.717) is 29.6 Å². The average Bonchev–Trinajstić information content (AvgIpc) is 1.60. The number of hydrogen-bond donors (Lipinski definition) is 15. The third-order valence-corrected chi connectivity index (χ3v) is 23.0. The Labute approximate surface area is 549 Å². The van der Waals surface area contributed by atoms with Gasteiger partial charge in [-0.1, -0.05) is 120 Å². The van der Waals surface area contributed by atoms with Crippen LogP contribution in [0, 0.1) is 22.7 Å². The van der Waals surface area contributed by atoms with E-state index in [-0.39, 0.29) is 37.8 Å². The van der Waals surface area contributed by atoms with Crippen molar-refractivity contribution >= 4 is 86.7 Å². The van der Waals surface area contributed by atoms with Crippen LogP contribution in [0.3, 0.4) is 0 Å². The number of aliphatic hydroxyl groups excluding tert-OH is 5. The van der Waals surface area contributed by atoms with Gasteiger partial charge in [-0.25, -0.2) is 32.7 Å². The molecule has 0 bridgehead atoms. The number of nitrogen functional groups attached to an aromatic ring is 2. The van der Waals surface area contributed by atoms with Gasteiger partial charge in [-0.05, 0) is 24.3 Å². The first-order valence-corrected chi connectivity index (χ1v) is 41.6. The van der Waals surface area contributed by atoms with E-state index in [4.69, 9.17) is 47.8 Å². The fourth-order valence-electron chi connectivity index (χ4n) is 8.47. The van der Waals surface area contributed by atoms with Crippen LogP contribution < -0.4 is 26.5 Å². The van der Waals surface area contributed by atoms with E-state index >= 15 is 0 Å². The molecular formula is C49H96N12O24P8. The standard InChI is InChI=1S/C12H16N5O13P3.C12H13N5O4.C8H22N2O7P2.2C8H18.CH4.H5P3/c13-3-12(4-27-32(23,24)30-33(25,26)29-31(20,21)22)10(19)8(18)9(28-12)6-1-2-7-11(14)15-5-16-17(6)7;13-3-12(4-18)10(20)8(19)9(21-12)6-1-2-7-11(14)15-5-16-17(6)7;1-3-5-7-9-19(16-12,17-15-11,18(13)14)10-8-6-4-2;2*1-3-5-7-8-6-4-2;;1-3-2/h1-2,5,8-10,18-19H,4H2,(H,23,24)(H,25,26)(H2,14,15,16)(H2,20,21,22);1-2,5,8-10,18-20H,4H2,(H2,14,15,16);9-12H,3-8H2,1-2H3;2*3-8H2,1-2H3;1H4;3H,1-2H2/t2*8-,9-,10-,12+;;;;;/m00...../s1/i;;;;;;3T. The Kier molecular flexibility index (Phi) is 42.3. The molecule has 0 aliphatic carbocycles. The maximum atomic E-state index is 11.9. The van der Waals surface area contributed by atoms with Crippen LogP contribution in [0.1, 0.15) is 175 Å². The smallest absolute Gasteiger partial charge is 0.392 e. The summed E-state index contributed by atoms with van der Waals surface area (Å²) in [6.45, 7) is 11.2. The molecule has 6 rings (SSSR count). The van der Waals surface area contributed by atoms with Crippen LogP contribution >= 0.6 is 64.0 Å². The second-order valence-corrected chi connectivity index (χ2v) is 35.0. The molecule has 2 saturated heterocycles. The van der Waals surface area contributed by atoms with Crippen LogP contribution in [0.2, 0.25) is 0 Å². The van der Waals surface area contributed by atoms with Crippen molar-refractivity contribution in [3.8, 4) is 12.1 Å². The van der Waals surface area contributed by atoms with Crippen LogP contribution in [0.25, 0.3) is 11.0 Å². The molecule has 6 heterocycles. The van der Waals surface area contributed by atoms with Gasteiger partial charge in [-0.15, -0.1) is 17.9 Å². The maximum absolute atomic E-state index is 11.9. The third kappa shape index (κ3) is 27.2. The van der Waals surface area contributed by atoms with E-state index < -0.39 is 107 Å². The number of aromatic nitrogens is 6. The fraction of sp³-hybridized carbons (Fsp3) is 0.714. The minimum absolute atomic E-state index is 0. The topological polar surface area (TPSA) is 572 Å². The number of nitrogens with two attached hydrogens (primary N) is 2. The van der Waals surface area contributed by atoms with E-state index in [0.717, 1.165) is 19.2 Å². The number of nitrogens with one attached hydrogen (secondary N) is 2. The molecule has 93 heavy (non-hydrogen) atoms. The van der Waals surface area contributed by atoms with Crippen molar-refractivity contribution in [3.05, 3.63) is 48.3 Å². The van der Waals surface area contributed by atoms with Gasteiger partial charge in [-0.2, -0.15) is 29.3 Å². The number of fused-ring (bicyclic) bond motifs is 2. The molecule has 2 aliphatic rings. The molecule has 0 saturated carbocycles. The SMILES string of the molecule is C.CCCCCCCC.CCCCCCCC.CCCCNP(NCCCC)(OO)(OOO)[P+](=O)[O-].N#C[C@]1(CO)O[C@@H](c2ccc3c(N)ncnn23)[C@H](O)[C@@H]1O.N#C[C@]1(COP(=O)(O)OP(=O)(O)OP(=O)(O)O)O[C@@H](c2ccc3c(N)ncnn23)[C@H](O)[C@@H]1O.[3H]P(P)P. The number of anilines is 2. The monoisotopic (exact) mass is 1490 g/mol. The van der Waals surface area contributed by atoms with Crippen LogP contribution in [-0.2, 0) is 55.3 Å². The first-order valence-electron chi connectivity index (χ1n) is 29.4. The van der Waals surface area contributed by atoms with Crippen molar-refractivity contribution in [3.63, 3.8) is 0 Å². The number of nitrogens with zero attached hydrogens (tertiary/aromatic N) is 8. The van der Waals surface area contributed by atoms with Crippen molar-refractivity contribution in [1.82, 2.24) is 39.4 Å². The molecule has 13 atom stereocenters. The number of aliphatic hydroxyl groups is 5. The molecule has 4 aromatic heterocycles. The van der Waals surface area contributed by atoms with Gasteiger partial charge in [0.25, 0.3) is 0 Å². The van der Waals surface area contributed by atoms with Crippen molar-refractivity contribution in [1.29, 1.82) is 11.8 Å². The summed E-state index contributed by atoms with van der Waals surface area (Å²) in [7, 11) is -21.2. The van der Waals surface area contributed by atoms with E-state index in [1.165, 1.54) is 111 Å². The summed E-state index contributed by atoms with van der Waals surface area (Å²) >= 11 is 0. The summed E-state index contributed by atoms with van der Waals surface area (Å²) in [5, 5.41) is 103. The Morgan fingerprint density at radius 1 is 0.710 bits per heavy atom. The van der Waals surface area contributed by atoms with Gasteiger partial charge in [-0.3, -0.25) is 4.52 Å². The van der Waals surface area contributed by atoms with Gasteiger partial charge in [0.15, 0.2) is 11.6 Å². The number of ether oxygens (including phenoxy) is 2. The Bertz CT molecular complexity index is 3050. The number of unbranched alkanes of at least 4 members (excludes halogenated alkanes) is 12. The van der Waals surface area contributed by atoms with Gasteiger partial charge >= 0.3 is 135 Å². The van der Waals surface area contributed by atoms with Gasteiger partial charge in [0.1, 0.15) is 79.1 Å². The summed E-state index contributed by atoms with van der Waals surface area (Å²) in [5.74, 6) is 0.321. The molecule has 4 aromatic rings. The van der Waals surface area contributed by atoms with E-state index in [1.54, 1.807) is 18.2 Å². The average molecular weight is 1490 g/mol. The molecule has 2 aliphatic heterocycles. The molecule has 5 unspecified atom stereocenters. The fourth-order valence-corrected chi connectivity index (χ4v) is 15.2. The largest absolute Gasteiger partial charge is 0.490 e. The van der Waals surface area contributed by atoms with E-state index in [2.05, 4.69) is 103 Å². The van der Waals surface area contributed by atoms with Crippen molar-refractivity contribution in [2.75, 3.05) is 37.8 Å². The van der Waals surface area contributed by atoms with Crippen LogP contribution in [0.15, 0.2) is 36.9 Å². The minimum Gasteiger partial charge on any atom is -0.392 e. The van der Waals surface area contributed by atoms with Crippen molar-refractivity contribution < 1.29 is 116 Å². The maximum Gasteiger partial charge on any atom is 0.490 e. The van der Waals surface area contributed by atoms with Crippen LogP contribution in [0.5, 0.6) is 0 Å². The Morgan fingerprint density at radius 3 is 1.40 bits per heavy atom. The Balaban J connectivity index is 0.00000123. The summed E-state index contributed by atoms with van der Waals surface area (Å²) in [6, 6.07) is 9.30. The first-order chi connectivity index (χ1) is 43.7. The zero-order valence-electron chi connectivity index (χ0n) is 52.9. The first kappa shape index (κ1) is 88.5. The zero-order valence-corrected chi connectivity index (χ0v) is 59.5. The molecule has 17 N–H and O–H groups in total. The molecule has 0 aromatic carbocycles. The minimum atomic E-state index is -5.80. The second-order valence-electron chi connectivity index (χ2n) is 20.3. The molecule has 0 amide bonds. The second kappa shape index (κ2) is 44.5. The zero-order chi connectivity index (χ0) is 70.9. The predicted octanol–water partition coefficient (Wildman–Crippen LogP) is 7.59. The number of nitriles is 2. The van der Waals surface area contributed by atoms with Crippen LogP contribution in [-0.4, -0.2) is 148 Å². The Hall–Kier alpha value is -2.55. The molecule has 44 heteroatoms. The van der Waals surface area contributed by atoms with E-state index in [1.807, 2.05) is 13.8 Å². The summed E-state index contributed by atoms with van der Waals surface area (Å²) in [5.41, 5.74) is 8.40. The number of hydrogen-bond acceptors (Lipinski definition) is 30. The number of phosphoric ester groups is 1. The summed E-state index contributed by atoms with van der Waals surface area (Å²) in [4.78, 5) is 55.0. The van der Waals surface area contributed by atoms with Gasteiger partial charge in [0.05, 0.1) is 19.3 Å². The number of rotatable bonds is 32.